The first kappa shape index (κ1) is 19.8. The summed E-state index contributed by atoms with van der Waals surface area (Å²) in [6.07, 6.45) is 1.76. The molecule has 1 amide bonds. The molecule has 1 fully saturated rings. The van der Waals surface area contributed by atoms with Gasteiger partial charge in [0.1, 0.15) is 0 Å². The highest BCUT2D eigenvalue weighted by atomic mass is 16.2. The molecule has 2 heterocycles. The average molecular weight is 403 g/mol. The van der Waals surface area contributed by atoms with Gasteiger partial charge in [0.2, 0.25) is 11.9 Å². The van der Waals surface area contributed by atoms with Crippen LogP contribution in [0, 0.1) is 0 Å². The fraction of sp³-hybridized carbons (Fsp3) is 0.261. The van der Waals surface area contributed by atoms with Crippen molar-refractivity contribution in [2.45, 2.75) is 13.0 Å². The van der Waals surface area contributed by atoms with E-state index >= 15 is 0 Å². The fourth-order valence-corrected chi connectivity index (χ4v) is 3.55. The van der Waals surface area contributed by atoms with Gasteiger partial charge in [-0.3, -0.25) is 4.79 Å². The third-order valence-corrected chi connectivity index (χ3v) is 5.19. The molecule has 1 aromatic heterocycles. The van der Waals surface area contributed by atoms with E-state index in [9.17, 15) is 4.79 Å². The maximum atomic E-state index is 12.0. The highest BCUT2D eigenvalue weighted by Crippen LogP contribution is 2.22. The van der Waals surface area contributed by atoms with Gasteiger partial charge >= 0.3 is 0 Å². The van der Waals surface area contributed by atoms with Gasteiger partial charge in [-0.25, -0.2) is 9.97 Å². The standard InChI is InChI=1S/C23H26N6O/c1-17(24)22(30)29-15-13-28(14-16-29)20-9-7-19(8-10-20)26-23-25-12-11-21(27-23)18-5-3-2-4-6-18/h2-12,17H,13-16,24H2,1H3,(H,25,26,27)/t17-/m0/s1. The summed E-state index contributed by atoms with van der Waals surface area (Å²) >= 11 is 0. The van der Waals surface area contributed by atoms with Gasteiger partial charge in [0.25, 0.3) is 0 Å². The molecule has 0 aliphatic carbocycles. The predicted octanol–water partition coefficient (Wildman–Crippen LogP) is 2.88. The van der Waals surface area contributed by atoms with Gasteiger partial charge < -0.3 is 20.9 Å². The minimum atomic E-state index is -0.440. The molecule has 0 saturated carbocycles. The monoisotopic (exact) mass is 402 g/mol. The Labute approximate surface area is 176 Å². The number of hydrogen-bond donors (Lipinski definition) is 2. The molecule has 30 heavy (non-hydrogen) atoms. The summed E-state index contributed by atoms with van der Waals surface area (Å²) in [5.74, 6) is 0.582. The van der Waals surface area contributed by atoms with Crippen molar-refractivity contribution in [1.82, 2.24) is 14.9 Å². The molecule has 1 aliphatic rings. The van der Waals surface area contributed by atoms with Crippen molar-refractivity contribution in [1.29, 1.82) is 0 Å². The first-order valence-electron chi connectivity index (χ1n) is 10.1. The molecule has 2 aromatic carbocycles. The number of benzene rings is 2. The van der Waals surface area contributed by atoms with Crippen LogP contribution in [0.4, 0.5) is 17.3 Å². The molecular weight excluding hydrogens is 376 g/mol. The minimum Gasteiger partial charge on any atom is -0.368 e. The molecule has 7 nitrogen and oxygen atoms in total. The highest BCUT2D eigenvalue weighted by Gasteiger charge is 2.23. The Hall–Kier alpha value is -3.45. The number of nitrogens with two attached hydrogens (primary N) is 1. The van der Waals surface area contributed by atoms with Crippen molar-refractivity contribution in [2.24, 2.45) is 5.73 Å². The number of nitrogens with one attached hydrogen (secondary N) is 1. The van der Waals surface area contributed by atoms with Crippen molar-refractivity contribution >= 4 is 23.2 Å². The van der Waals surface area contributed by atoms with E-state index in [0.29, 0.717) is 19.0 Å². The van der Waals surface area contributed by atoms with Crippen LogP contribution in [-0.2, 0) is 4.79 Å². The van der Waals surface area contributed by atoms with Crippen molar-refractivity contribution in [2.75, 3.05) is 36.4 Å². The molecule has 1 aliphatic heterocycles. The normalized spacial score (nSPS) is 15.0. The zero-order chi connectivity index (χ0) is 20.9. The van der Waals surface area contributed by atoms with Gasteiger partial charge in [0, 0.05) is 49.3 Å². The second kappa shape index (κ2) is 8.92. The van der Waals surface area contributed by atoms with Crippen molar-refractivity contribution in [3.8, 4) is 11.3 Å². The summed E-state index contributed by atoms with van der Waals surface area (Å²) in [5, 5.41) is 3.27. The van der Waals surface area contributed by atoms with Gasteiger partial charge in [-0.05, 0) is 37.3 Å². The zero-order valence-electron chi connectivity index (χ0n) is 17.0. The Balaban J connectivity index is 1.39. The highest BCUT2D eigenvalue weighted by molar-refractivity contribution is 5.81. The third kappa shape index (κ3) is 4.58. The van der Waals surface area contributed by atoms with E-state index in [-0.39, 0.29) is 5.91 Å². The predicted molar refractivity (Wildman–Crippen MR) is 120 cm³/mol. The number of aromatic nitrogens is 2. The first-order chi connectivity index (χ1) is 14.6. The number of piperazine rings is 1. The maximum Gasteiger partial charge on any atom is 0.239 e. The number of amides is 1. The van der Waals surface area contributed by atoms with Crippen LogP contribution < -0.4 is 16.0 Å². The molecule has 4 rings (SSSR count). The van der Waals surface area contributed by atoms with Crippen LogP contribution in [0.25, 0.3) is 11.3 Å². The summed E-state index contributed by atoms with van der Waals surface area (Å²) < 4.78 is 0. The van der Waals surface area contributed by atoms with Gasteiger partial charge in [0.15, 0.2) is 0 Å². The van der Waals surface area contributed by atoms with Crippen LogP contribution in [-0.4, -0.2) is 53.0 Å². The molecule has 154 valence electrons. The Bertz CT molecular complexity index is 982. The van der Waals surface area contributed by atoms with E-state index in [1.54, 1.807) is 13.1 Å². The van der Waals surface area contributed by atoms with Crippen LogP contribution in [0.3, 0.4) is 0 Å². The van der Waals surface area contributed by atoms with E-state index < -0.39 is 6.04 Å². The lowest BCUT2D eigenvalue weighted by Crippen LogP contribution is -2.52. The van der Waals surface area contributed by atoms with Gasteiger partial charge in [0.05, 0.1) is 11.7 Å². The van der Waals surface area contributed by atoms with Crippen molar-refractivity contribution < 1.29 is 4.79 Å². The SMILES string of the molecule is C[C@H](N)C(=O)N1CCN(c2ccc(Nc3nccc(-c4ccccc4)n3)cc2)CC1. The number of hydrogen-bond acceptors (Lipinski definition) is 6. The quantitative estimate of drug-likeness (QED) is 0.682. The summed E-state index contributed by atoms with van der Waals surface area (Å²) in [6, 6.07) is 19.7. The number of rotatable bonds is 5. The van der Waals surface area contributed by atoms with E-state index in [1.165, 1.54) is 0 Å². The molecule has 1 atom stereocenters. The number of nitrogens with zero attached hydrogens (tertiary/aromatic N) is 4. The minimum absolute atomic E-state index is 0.0203. The Morgan fingerprint density at radius 3 is 2.37 bits per heavy atom. The molecule has 0 bridgehead atoms. The van der Waals surface area contributed by atoms with Gasteiger partial charge in [-0.15, -0.1) is 0 Å². The summed E-state index contributed by atoms with van der Waals surface area (Å²) in [6.45, 7) is 4.72. The zero-order valence-corrected chi connectivity index (χ0v) is 17.0. The third-order valence-electron chi connectivity index (χ3n) is 5.19. The Kier molecular flexibility index (Phi) is 5.90. The molecule has 0 unspecified atom stereocenters. The lowest BCUT2D eigenvalue weighted by molar-refractivity contribution is -0.132. The van der Waals surface area contributed by atoms with E-state index in [4.69, 9.17) is 5.73 Å². The molecular formula is C23H26N6O. The van der Waals surface area contributed by atoms with E-state index in [1.807, 2.05) is 53.4 Å². The number of carbonyl (C=O) groups is 1. The molecule has 3 N–H and O–H groups in total. The van der Waals surface area contributed by atoms with Crippen LogP contribution in [0.15, 0.2) is 66.9 Å². The van der Waals surface area contributed by atoms with Crippen LogP contribution >= 0.6 is 0 Å². The van der Waals surface area contributed by atoms with E-state index in [2.05, 4.69) is 32.3 Å². The first-order valence-corrected chi connectivity index (χ1v) is 10.1. The van der Waals surface area contributed by atoms with Crippen molar-refractivity contribution in [3.05, 3.63) is 66.9 Å². The summed E-state index contributed by atoms with van der Waals surface area (Å²) in [5.41, 5.74) is 9.70. The fourth-order valence-electron chi connectivity index (χ4n) is 3.55. The number of anilines is 3. The molecule has 7 heteroatoms. The van der Waals surface area contributed by atoms with Crippen LogP contribution in [0.1, 0.15) is 6.92 Å². The number of carbonyl (C=O) groups excluding carboxylic acids is 1. The smallest absolute Gasteiger partial charge is 0.239 e. The van der Waals surface area contributed by atoms with Crippen LogP contribution in [0.5, 0.6) is 0 Å². The van der Waals surface area contributed by atoms with Crippen LogP contribution in [0.2, 0.25) is 0 Å². The average Bonchev–Trinajstić information content (AvgIpc) is 2.80. The Morgan fingerprint density at radius 1 is 1.00 bits per heavy atom. The molecule has 1 saturated heterocycles. The molecule has 0 radical (unpaired) electrons. The summed E-state index contributed by atoms with van der Waals surface area (Å²) in [7, 11) is 0. The van der Waals surface area contributed by atoms with Gasteiger partial charge in [-0.1, -0.05) is 30.3 Å². The van der Waals surface area contributed by atoms with E-state index in [0.717, 1.165) is 35.7 Å². The largest absolute Gasteiger partial charge is 0.368 e. The topological polar surface area (TPSA) is 87.4 Å². The second-order valence-electron chi connectivity index (χ2n) is 7.40. The Morgan fingerprint density at radius 2 is 1.70 bits per heavy atom. The maximum absolute atomic E-state index is 12.0. The molecule has 3 aromatic rings. The van der Waals surface area contributed by atoms with Crippen molar-refractivity contribution in [3.63, 3.8) is 0 Å². The lowest BCUT2D eigenvalue weighted by atomic mass is 10.1. The molecule has 0 spiro atoms. The second-order valence-corrected chi connectivity index (χ2v) is 7.40. The van der Waals surface area contributed by atoms with Gasteiger partial charge in [-0.2, -0.15) is 0 Å². The summed E-state index contributed by atoms with van der Waals surface area (Å²) in [4.78, 5) is 25.1. The lowest BCUT2D eigenvalue weighted by Gasteiger charge is -2.36.